The van der Waals surface area contributed by atoms with Gasteiger partial charge in [-0.1, -0.05) is 175 Å². The predicted octanol–water partition coefficient (Wildman–Crippen LogP) is 4.68. The number of ether oxygens (including phenoxy) is 6. The van der Waals surface area contributed by atoms with Gasteiger partial charge >= 0.3 is 0 Å². The van der Waals surface area contributed by atoms with Crippen LogP contribution < -0.4 is 10.6 Å². The number of hydrogen-bond acceptors (Lipinski definition) is 17. The fraction of sp³-hybridized carbons (Fsp3) is 0.964. The van der Waals surface area contributed by atoms with Crippen molar-refractivity contribution in [2.75, 3.05) is 26.4 Å². The summed E-state index contributed by atoms with van der Waals surface area (Å²) >= 11 is 0. The van der Waals surface area contributed by atoms with E-state index in [2.05, 4.69) is 24.5 Å². The Hall–Kier alpha value is -1.66. The van der Waals surface area contributed by atoms with Gasteiger partial charge < -0.3 is 85.0 Å². The number of unbranched alkanes of at least 4 members (excludes halogenated alkanes) is 23. The van der Waals surface area contributed by atoms with E-state index in [0.717, 1.165) is 44.9 Å². The van der Waals surface area contributed by atoms with Crippen molar-refractivity contribution >= 4 is 11.8 Å². The second kappa shape index (κ2) is 38.8. The van der Waals surface area contributed by atoms with Crippen molar-refractivity contribution in [3.8, 4) is 0 Å². The Labute approximate surface area is 443 Å². The number of amides is 2. The van der Waals surface area contributed by atoms with Gasteiger partial charge in [0, 0.05) is 25.7 Å². The molecular weight excluding hydrogens is 961 g/mol. The molecule has 3 rings (SSSR count). The van der Waals surface area contributed by atoms with Crippen LogP contribution in [0.4, 0.5) is 0 Å². The maximum absolute atomic E-state index is 13.2. The Morgan fingerprint density at radius 2 is 1.14 bits per heavy atom. The first kappa shape index (κ1) is 66.6. The molecule has 436 valence electrons. The van der Waals surface area contributed by atoms with Crippen LogP contribution in [0.25, 0.3) is 0 Å². The van der Waals surface area contributed by atoms with Gasteiger partial charge in [-0.25, -0.2) is 0 Å². The molecule has 3 heterocycles. The minimum atomic E-state index is -1.88. The van der Waals surface area contributed by atoms with Crippen molar-refractivity contribution in [1.29, 1.82) is 0 Å². The van der Waals surface area contributed by atoms with E-state index in [1.54, 1.807) is 6.92 Å². The van der Waals surface area contributed by atoms with Crippen LogP contribution in [0.15, 0.2) is 0 Å². The summed E-state index contributed by atoms with van der Waals surface area (Å²) < 4.78 is 35.7. The summed E-state index contributed by atoms with van der Waals surface area (Å²) in [5, 5.41) is 101. The third-order valence-corrected chi connectivity index (χ3v) is 15.2. The summed E-state index contributed by atoms with van der Waals surface area (Å²) in [4.78, 5) is 25.7. The van der Waals surface area contributed by atoms with E-state index >= 15 is 0 Å². The lowest BCUT2D eigenvalue weighted by atomic mass is 9.87. The SMILES string of the molecule is CCCCCCCCCCCCCCCCCCCCCCCC(=O)NC(CCCCCC)CO[C@@H]1OC(CO)[C@@H](O[C@@H]2OC(CO[C@@H]3C[C@@H](O)[C@@H](C)C([C@H](O)[C@H](O)CO)O3)[C@H](O)[C@H](O)C2O)[C@H](O)C1NC(C)=O. The molecule has 17 atom stereocenters. The standard InChI is InChI=1S/C55H104N2O17/c1-5-7-9-11-12-13-14-15-16-17-18-19-20-21-22-23-24-25-26-27-29-31-44(63)57-39(30-28-10-8-6-2)35-70-54-46(56-38(4)60)49(66)53(42(34-59)71-54)74-55-51(68)50(67)48(65)43(72-55)36-69-45-32-40(61)37(3)52(73-45)47(64)41(62)33-58/h37,39-43,45-55,58-59,61-62,64-68H,5-36H2,1-4H3,(H,56,60)(H,57,63)/t37-,39?,40-,41-,42?,43?,45+,46?,47-,48+,49-,50+,51?,52?,53-,54-,55+/m1/s1. The Morgan fingerprint density at radius 3 is 1.65 bits per heavy atom. The zero-order valence-corrected chi connectivity index (χ0v) is 45.7. The van der Waals surface area contributed by atoms with Crippen molar-refractivity contribution < 1.29 is 84.0 Å². The minimum Gasteiger partial charge on any atom is -0.394 e. The van der Waals surface area contributed by atoms with Gasteiger partial charge in [-0.15, -0.1) is 0 Å². The van der Waals surface area contributed by atoms with E-state index in [-0.39, 0.29) is 18.9 Å². The van der Waals surface area contributed by atoms with Crippen LogP contribution in [0, 0.1) is 5.92 Å². The van der Waals surface area contributed by atoms with E-state index in [9.17, 15) is 55.5 Å². The van der Waals surface area contributed by atoms with E-state index in [1.165, 1.54) is 122 Å². The summed E-state index contributed by atoms with van der Waals surface area (Å²) in [6.45, 7) is 5.23. The predicted molar refractivity (Wildman–Crippen MR) is 278 cm³/mol. The second-order valence-corrected chi connectivity index (χ2v) is 21.6. The van der Waals surface area contributed by atoms with Gasteiger partial charge in [0.1, 0.15) is 61.0 Å². The quantitative estimate of drug-likeness (QED) is 0.0371. The molecule has 0 aromatic heterocycles. The Balaban J connectivity index is 1.45. The summed E-state index contributed by atoms with van der Waals surface area (Å²) in [6, 6.07) is -1.67. The number of rotatable bonds is 41. The molecule has 74 heavy (non-hydrogen) atoms. The summed E-state index contributed by atoms with van der Waals surface area (Å²) in [6.07, 6.45) is 11.1. The number of aliphatic hydroxyl groups excluding tert-OH is 9. The van der Waals surface area contributed by atoms with Gasteiger partial charge in [-0.3, -0.25) is 9.59 Å². The molecule has 3 aliphatic rings. The van der Waals surface area contributed by atoms with Gasteiger partial charge in [0.15, 0.2) is 18.9 Å². The molecule has 2 amide bonds. The van der Waals surface area contributed by atoms with Gasteiger partial charge in [0.25, 0.3) is 0 Å². The van der Waals surface area contributed by atoms with Crippen LogP contribution in [-0.2, 0) is 38.0 Å². The number of hydrogen-bond donors (Lipinski definition) is 11. The maximum atomic E-state index is 13.2. The van der Waals surface area contributed by atoms with Crippen LogP contribution in [-0.4, -0.2) is 182 Å². The fourth-order valence-corrected chi connectivity index (χ4v) is 10.3. The highest BCUT2D eigenvalue weighted by atomic mass is 16.7. The lowest BCUT2D eigenvalue weighted by Crippen LogP contribution is -2.67. The van der Waals surface area contributed by atoms with E-state index in [1.807, 2.05) is 0 Å². The molecule has 3 aliphatic heterocycles. The highest BCUT2D eigenvalue weighted by molar-refractivity contribution is 5.76. The first-order valence-electron chi connectivity index (χ1n) is 29.1. The lowest BCUT2D eigenvalue weighted by molar-refractivity contribution is -0.353. The van der Waals surface area contributed by atoms with Crippen LogP contribution in [0.3, 0.4) is 0 Å². The van der Waals surface area contributed by atoms with Crippen molar-refractivity contribution in [2.24, 2.45) is 5.92 Å². The summed E-state index contributed by atoms with van der Waals surface area (Å²) in [7, 11) is 0. The molecular formula is C55H104N2O17. The average molecular weight is 1070 g/mol. The molecule has 0 radical (unpaired) electrons. The third kappa shape index (κ3) is 24.6. The molecule has 0 aromatic carbocycles. The topological polar surface area (TPSA) is 296 Å². The van der Waals surface area contributed by atoms with Crippen LogP contribution in [0.1, 0.15) is 207 Å². The van der Waals surface area contributed by atoms with Gasteiger partial charge in [-0.05, 0) is 12.8 Å². The number of carbonyl (C=O) groups is 2. The molecule has 0 bridgehead atoms. The lowest BCUT2D eigenvalue weighted by Gasteiger charge is -2.47. The molecule has 0 aromatic rings. The Morgan fingerprint density at radius 1 is 0.622 bits per heavy atom. The summed E-state index contributed by atoms with van der Waals surface area (Å²) in [5.41, 5.74) is 0. The van der Waals surface area contributed by atoms with Crippen molar-refractivity contribution in [3.63, 3.8) is 0 Å². The Kier molecular flexibility index (Phi) is 35.0. The smallest absolute Gasteiger partial charge is 0.220 e. The molecule has 0 spiro atoms. The van der Waals surface area contributed by atoms with Crippen molar-refractivity contribution in [3.05, 3.63) is 0 Å². The number of aliphatic hydroxyl groups is 9. The van der Waals surface area contributed by atoms with Crippen LogP contribution in [0.2, 0.25) is 0 Å². The van der Waals surface area contributed by atoms with Crippen LogP contribution in [0.5, 0.6) is 0 Å². The van der Waals surface area contributed by atoms with Gasteiger partial charge in [0.2, 0.25) is 11.8 Å². The first-order chi connectivity index (χ1) is 35.7. The molecule has 6 unspecified atom stereocenters. The highest BCUT2D eigenvalue weighted by Crippen LogP contribution is 2.33. The Bertz CT molecular complexity index is 1440. The van der Waals surface area contributed by atoms with Crippen molar-refractivity contribution in [2.45, 2.75) is 306 Å². The monoisotopic (exact) mass is 1060 g/mol. The zero-order valence-electron chi connectivity index (χ0n) is 45.7. The summed E-state index contributed by atoms with van der Waals surface area (Å²) in [5.74, 6) is -1.28. The third-order valence-electron chi connectivity index (χ3n) is 15.2. The molecule has 0 aliphatic carbocycles. The van der Waals surface area contributed by atoms with Gasteiger partial charge in [-0.2, -0.15) is 0 Å². The first-order valence-corrected chi connectivity index (χ1v) is 29.1. The zero-order chi connectivity index (χ0) is 54.3. The number of nitrogens with one attached hydrogen (secondary N) is 2. The molecule has 3 saturated heterocycles. The van der Waals surface area contributed by atoms with E-state index in [0.29, 0.717) is 12.8 Å². The van der Waals surface area contributed by atoms with Gasteiger partial charge in [0.05, 0.1) is 44.7 Å². The molecule has 11 N–H and O–H groups in total. The van der Waals surface area contributed by atoms with E-state index in [4.69, 9.17) is 28.4 Å². The van der Waals surface area contributed by atoms with Crippen molar-refractivity contribution in [1.82, 2.24) is 10.6 Å². The molecule has 19 nitrogen and oxygen atoms in total. The maximum Gasteiger partial charge on any atom is 0.220 e. The highest BCUT2D eigenvalue weighted by Gasteiger charge is 2.52. The number of carbonyl (C=O) groups excluding carboxylic acids is 2. The van der Waals surface area contributed by atoms with Crippen LogP contribution >= 0.6 is 0 Å². The normalized spacial score (nSPS) is 30.7. The molecule has 19 heteroatoms. The fourth-order valence-electron chi connectivity index (χ4n) is 10.3. The second-order valence-electron chi connectivity index (χ2n) is 21.6. The average Bonchev–Trinajstić information content (AvgIpc) is 3.38. The minimum absolute atomic E-state index is 0.0209. The largest absolute Gasteiger partial charge is 0.394 e. The molecule has 0 saturated carbocycles. The molecule has 3 fully saturated rings. The van der Waals surface area contributed by atoms with E-state index < -0.39 is 130 Å².